The normalized spacial score (nSPS) is 21.9. The first-order valence-corrected chi connectivity index (χ1v) is 9.91. The average molecular weight is 482 g/mol. The van der Waals surface area contributed by atoms with E-state index in [1.54, 1.807) is 7.11 Å². The fraction of sp³-hybridized carbons (Fsp3) is 0.947. The van der Waals surface area contributed by atoms with Crippen LogP contribution < -0.4 is 10.6 Å². The van der Waals surface area contributed by atoms with Crippen LogP contribution in [0.3, 0.4) is 0 Å². The van der Waals surface area contributed by atoms with Crippen molar-refractivity contribution < 1.29 is 9.47 Å². The van der Waals surface area contributed by atoms with Crippen LogP contribution in [-0.2, 0) is 9.47 Å². The molecule has 154 valence electrons. The first-order chi connectivity index (χ1) is 12.2. The fourth-order valence-corrected chi connectivity index (χ4v) is 4.01. The van der Waals surface area contributed by atoms with Gasteiger partial charge in [0.1, 0.15) is 0 Å². The smallest absolute Gasteiger partial charge is 0.191 e. The summed E-state index contributed by atoms with van der Waals surface area (Å²) in [6.07, 6.45) is 6.42. The van der Waals surface area contributed by atoms with Gasteiger partial charge in [0, 0.05) is 53.5 Å². The van der Waals surface area contributed by atoms with E-state index in [9.17, 15) is 0 Å². The Labute approximate surface area is 176 Å². The highest BCUT2D eigenvalue weighted by Gasteiger charge is 2.33. The maximum Gasteiger partial charge on any atom is 0.191 e. The maximum atomic E-state index is 5.42. The van der Waals surface area contributed by atoms with Gasteiger partial charge >= 0.3 is 0 Å². The number of ether oxygens (including phenoxy) is 2. The van der Waals surface area contributed by atoms with Crippen molar-refractivity contribution in [2.75, 3.05) is 66.7 Å². The van der Waals surface area contributed by atoms with Gasteiger partial charge in [0.15, 0.2) is 5.96 Å². The molecule has 0 spiro atoms. The summed E-state index contributed by atoms with van der Waals surface area (Å²) < 4.78 is 10.7. The molecule has 1 unspecified atom stereocenters. The van der Waals surface area contributed by atoms with Crippen molar-refractivity contribution in [3.8, 4) is 0 Å². The standard InChI is InChI=1S/C19H38N4O2.HI/c1-17(15-23-9-12-25-13-10-23)14-21-18(20-2)22-16-19(8-11-24-3)6-4-5-7-19;/h17H,4-16H2,1-3H3,(H2,20,21,22);1H. The van der Waals surface area contributed by atoms with Crippen LogP contribution in [0.15, 0.2) is 4.99 Å². The molecule has 6 nitrogen and oxygen atoms in total. The Balaban J connectivity index is 0.00000338. The second-order valence-corrected chi connectivity index (χ2v) is 7.77. The molecule has 1 saturated heterocycles. The highest BCUT2D eigenvalue weighted by atomic mass is 127. The van der Waals surface area contributed by atoms with Crippen molar-refractivity contribution in [3.63, 3.8) is 0 Å². The molecule has 1 heterocycles. The van der Waals surface area contributed by atoms with Gasteiger partial charge in [-0.15, -0.1) is 24.0 Å². The number of halogens is 1. The molecule has 0 amide bonds. The Hall–Kier alpha value is -0.120. The molecule has 0 bridgehead atoms. The van der Waals surface area contributed by atoms with Crippen LogP contribution in [0.2, 0.25) is 0 Å². The number of morpholine rings is 1. The highest BCUT2D eigenvalue weighted by Crippen LogP contribution is 2.40. The number of nitrogens with one attached hydrogen (secondary N) is 2. The van der Waals surface area contributed by atoms with Crippen molar-refractivity contribution in [1.82, 2.24) is 15.5 Å². The summed E-state index contributed by atoms with van der Waals surface area (Å²) in [4.78, 5) is 6.90. The quantitative estimate of drug-likeness (QED) is 0.300. The van der Waals surface area contributed by atoms with Crippen molar-refractivity contribution >= 4 is 29.9 Å². The van der Waals surface area contributed by atoms with Crippen LogP contribution in [-0.4, -0.2) is 77.6 Å². The van der Waals surface area contributed by atoms with Gasteiger partial charge in [-0.3, -0.25) is 9.89 Å². The van der Waals surface area contributed by atoms with Gasteiger partial charge in [-0.05, 0) is 30.6 Å². The molecule has 1 saturated carbocycles. The van der Waals surface area contributed by atoms with E-state index in [2.05, 4.69) is 27.4 Å². The predicted molar refractivity (Wildman–Crippen MR) is 119 cm³/mol. The zero-order valence-electron chi connectivity index (χ0n) is 16.9. The van der Waals surface area contributed by atoms with Gasteiger partial charge < -0.3 is 20.1 Å². The van der Waals surface area contributed by atoms with Crippen molar-refractivity contribution in [1.29, 1.82) is 0 Å². The van der Waals surface area contributed by atoms with Crippen molar-refractivity contribution in [2.45, 2.75) is 39.0 Å². The number of rotatable bonds is 9. The van der Waals surface area contributed by atoms with Gasteiger partial charge in [-0.25, -0.2) is 0 Å². The van der Waals surface area contributed by atoms with Gasteiger partial charge in [-0.1, -0.05) is 19.8 Å². The number of aliphatic imine (C=N–C) groups is 1. The highest BCUT2D eigenvalue weighted by molar-refractivity contribution is 14.0. The Kier molecular flexibility index (Phi) is 12.1. The number of hydrogen-bond acceptors (Lipinski definition) is 4. The summed E-state index contributed by atoms with van der Waals surface area (Å²) in [7, 11) is 3.66. The predicted octanol–water partition coefficient (Wildman–Crippen LogP) is 2.33. The average Bonchev–Trinajstić information content (AvgIpc) is 3.10. The van der Waals surface area contributed by atoms with E-state index in [0.29, 0.717) is 11.3 Å². The van der Waals surface area contributed by atoms with Gasteiger partial charge in [-0.2, -0.15) is 0 Å². The number of nitrogens with zero attached hydrogens (tertiary/aromatic N) is 2. The number of guanidine groups is 1. The zero-order valence-corrected chi connectivity index (χ0v) is 19.2. The third kappa shape index (κ3) is 8.27. The monoisotopic (exact) mass is 482 g/mol. The lowest BCUT2D eigenvalue weighted by Crippen LogP contribution is -2.46. The molecule has 0 radical (unpaired) electrons. The molecule has 26 heavy (non-hydrogen) atoms. The molecule has 2 aliphatic rings. The summed E-state index contributed by atoms with van der Waals surface area (Å²) in [5, 5.41) is 7.08. The SMILES string of the molecule is CN=C(NCC(C)CN1CCOCC1)NCC1(CCOC)CCCC1.I. The van der Waals surface area contributed by atoms with E-state index in [4.69, 9.17) is 9.47 Å². The molecule has 2 rings (SSSR count). The van der Waals surface area contributed by atoms with Gasteiger partial charge in [0.25, 0.3) is 0 Å². The molecule has 0 aromatic heterocycles. The van der Waals surface area contributed by atoms with E-state index < -0.39 is 0 Å². The minimum Gasteiger partial charge on any atom is -0.385 e. The topological polar surface area (TPSA) is 58.1 Å². The van der Waals surface area contributed by atoms with Crippen molar-refractivity contribution in [3.05, 3.63) is 0 Å². The Bertz CT molecular complexity index is 397. The largest absolute Gasteiger partial charge is 0.385 e. The lowest BCUT2D eigenvalue weighted by Gasteiger charge is -2.31. The van der Waals surface area contributed by atoms with E-state index in [1.807, 2.05) is 7.05 Å². The summed E-state index contributed by atoms with van der Waals surface area (Å²) in [6.45, 7) is 10.1. The maximum absolute atomic E-state index is 5.42. The molecular weight excluding hydrogens is 443 g/mol. The van der Waals surface area contributed by atoms with Crippen LogP contribution in [0.5, 0.6) is 0 Å². The second-order valence-electron chi connectivity index (χ2n) is 7.77. The first kappa shape index (κ1) is 23.9. The minimum absolute atomic E-state index is 0. The summed E-state index contributed by atoms with van der Waals surface area (Å²) in [5.41, 5.74) is 0.382. The molecule has 2 fully saturated rings. The minimum atomic E-state index is 0. The van der Waals surface area contributed by atoms with Crippen LogP contribution in [0.25, 0.3) is 0 Å². The zero-order chi connectivity index (χ0) is 18.0. The molecule has 1 atom stereocenters. The summed E-state index contributed by atoms with van der Waals surface area (Å²) >= 11 is 0. The Morgan fingerprint density at radius 2 is 1.92 bits per heavy atom. The van der Waals surface area contributed by atoms with Crippen LogP contribution in [0.1, 0.15) is 39.0 Å². The molecule has 0 aromatic rings. The molecule has 2 N–H and O–H groups in total. The second kappa shape index (κ2) is 13.1. The van der Waals surface area contributed by atoms with Crippen LogP contribution in [0, 0.1) is 11.3 Å². The van der Waals surface area contributed by atoms with Gasteiger partial charge in [0.2, 0.25) is 0 Å². The lowest BCUT2D eigenvalue weighted by atomic mass is 9.83. The van der Waals surface area contributed by atoms with E-state index in [1.165, 1.54) is 25.7 Å². The molecular formula is C19H39IN4O2. The Morgan fingerprint density at radius 3 is 2.54 bits per heavy atom. The molecule has 1 aliphatic carbocycles. The summed E-state index contributed by atoms with van der Waals surface area (Å²) in [6, 6.07) is 0. The molecule has 7 heteroatoms. The first-order valence-electron chi connectivity index (χ1n) is 9.91. The van der Waals surface area contributed by atoms with Crippen LogP contribution >= 0.6 is 24.0 Å². The lowest BCUT2D eigenvalue weighted by molar-refractivity contribution is 0.0320. The third-order valence-electron chi connectivity index (χ3n) is 5.65. The fourth-order valence-electron chi connectivity index (χ4n) is 4.01. The molecule has 1 aliphatic heterocycles. The third-order valence-corrected chi connectivity index (χ3v) is 5.65. The van der Waals surface area contributed by atoms with E-state index in [0.717, 1.165) is 64.9 Å². The van der Waals surface area contributed by atoms with Crippen LogP contribution in [0.4, 0.5) is 0 Å². The molecule has 0 aromatic carbocycles. The van der Waals surface area contributed by atoms with E-state index in [-0.39, 0.29) is 24.0 Å². The van der Waals surface area contributed by atoms with Gasteiger partial charge in [0.05, 0.1) is 13.2 Å². The number of hydrogen-bond donors (Lipinski definition) is 2. The number of methoxy groups -OCH3 is 1. The van der Waals surface area contributed by atoms with E-state index >= 15 is 0 Å². The van der Waals surface area contributed by atoms with Crippen molar-refractivity contribution in [2.24, 2.45) is 16.3 Å². The summed E-state index contributed by atoms with van der Waals surface area (Å²) in [5.74, 6) is 1.52. The Morgan fingerprint density at radius 1 is 1.23 bits per heavy atom.